The van der Waals surface area contributed by atoms with E-state index in [1.54, 1.807) is 12.1 Å². The lowest BCUT2D eigenvalue weighted by Crippen LogP contribution is -2.14. The van der Waals surface area contributed by atoms with E-state index in [1.807, 2.05) is 22.6 Å². The summed E-state index contributed by atoms with van der Waals surface area (Å²) in [6.45, 7) is 0. The fourth-order valence-electron chi connectivity index (χ4n) is 1.60. The van der Waals surface area contributed by atoms with Crippen LogP contribution in [0.1, 0.15) is 5.56 Å². The predicted octanol–water partition coefficient (Wildman–Crippen LogP) is 4.76. The van der Waals surface area contributed by atoms with Crippen LogP contribution in [0, 0.1) is 3.57 Å². The molecule has 0 aliphatic carbocycles. The van der Waals surface area contributed by atoms with Crippen LogP contribution in [-0.4, -0.2) is 8.42 Å². The molecule has 0 aliphatic rings. The van der Waals surface area contributed by atoms with Gasteiger partial charge in [-0.05, 0) is 65.1 Å². The highest BCUT2D eigenvalue weighted by atomic mass is 127. The zero-order valence-corrected chi connectivity index (χ0v) is 14.4. The van der Waals surface area contributed by atoms with Gasteiger partial charge in [0.1, 0.15) is 0 Å². The molecule has 22 heavy (non-hydrogen) atoms. The molecule has 2 rings (SSSR count). The first-order valence-electron chi connectivity index (χ1n) is 5.75. The van der Waals surface area contributed by atoms with E-state index >= 15 is 0 Å². The van der Waals surface area contributed by atoms with Crippen LogP contribution >= 0.6 is 34.2 Å². The molecule has 0 amide bonds. The van der Waals surface area contributed by atoms with E-state index in [0.717, 1.165) is 15.7 Å². The summed E-state index contributed by atoms with van der Waals surface area (Å²) in [5.41, 5.74) is -1.31. The van der Waals surface area contributed by atoms with Crippen LogP contribution in [0.3, 0.4) is 0 Å². The Kier molecular flexibility index (Phi) is 4.93. The van der Waals surface area contributed by atoms with Gasteiger partial charge in [0.25, 0.3) is 10.0 Å². The Bertz CT molecular complexity index is 792. The van der Waals surface area contributed by atoms with Crippen LogP contribution in [0.15, 0.2) is 47.4 Å². The maximum absolute atomic E-state index is 12.7. The Morgan fingerprint density at radius 2 is 1.64 bits per heavy atom. The van der Waals surface area contributed by atoms with Gasteiger partial charge in [-0.25, -0.2) is 8.42 Å². The van der Waals surface area contributed by atoms with Crippen molar-refractivity contribution in [3.63, 3.8) is 0 Å². The minimum atomic E-state index is -4.59. The fourth-order valence-corrected chi connectivity index (χ4v) is 3.25. The second-order valence-corrected chi connectivity index (χ2v) is 7.59. The van der Waals surface area contributed by atoms with Gasteiger partial charge in [-0.15, -0.1) is 0 Å². The quantitative estimate of drug-likeness (QED) is 0.670. The molecule has 0 saturated carbocycles. The smallest absolute Gasteiger partial charge is 0.278 e. The molecular weight excluding hydrogens is 454 g/mol. The first-order chi connectivity index (χ1) is 10.1. The molecule has 9 heteroatoms. The summed E-state index contributed by atoms with van der Waals surface area (Å²) in [7, 11) is -4.02. The van der Waals surface area contributed by atoms with Crippen LogP contribution in [0.25, 0.3) is 0 Å². The number of halogens is 5. The molecule has 1 N–H and O–H groups in total. The number of hydrogen-bond acceptors (Lipinski definition) is 2. The van der Waals surface area contributed by atoms with Gasteiger partial charge >= 0.3 is 6.18 Å². The molecule has 0 heterocycles. The molecular formula is C13H8ClF3INO2S. The van der Waals surface area contributed by atoms with Gasteiger partial charge in [0, 0.05) is 3.57 Å². The second-order valence-electron chi connectivity index (χ2n) is 4.25. The first kappa shape index (κ1) is 17.4. The summed E-state index contributed by atoms with van der Waals surface area (Å²) >= 11 is 7.77. The van der Waals surface area contributed by atoms with Gasteiger partial charge in [-0.1, -0.05) is 11.6 Å². The number of anilines is 1. The fraction of sp³-hybridized carbons (Fsp3) is 0.0769. The van der Waals surface area contributed by atoms with E-state index in [2.05, 4.69) is 4.72 Å². The van der Waals surface area contributed by atoms with Gasteiger partial charge < -0.3 is 0 Å². The van der Waals surface area contributed by atoms with Crippen molar-refractivity contribution in [3.05, 3.63) is 56.6 Å². The average Bonchev–Trinajstić information content (AvgIpc) is 2.40. The van der Waals surface area contributed by atoms with Crippen molar-refractivity contribution >= 4 is 49.9 Å². The van der Waals surface area contributed by atoms with Crippen LogP contribution in [0.5, 0.6) is 0 Å². The van der Waals surface area contributed by atoms with Gasteiger partial charge in [-0.2, -0.15) is 13.2 Å². The number of benzene rings is 2. The number of alkyl halides is 3. The van der Waals surface area contributed by atoms with E-state index in [1.165, 1.54) is 12.1 Å². The van der Waals surface area contributed by atoms with Crippen molar-refractivity contribution in [3.8, 4) is 0 Å². The van der Waals surface area contributed by atoms with Crippen molar-refractivity contribution in [1.29, 1.82) is 0 Å². The Morgan fingerprint density at radius 1 is 1.05 bits per heavy atom. The largest absolute Gasteiger partial charge is 0.416 e. The highest BCUT2D eigenvalue weighted by Gasteiger charge is 2.31. The molecule has 2 aromatic rings. The summed E-state index contributed by atoms with van der Waals surface area (Å²) in [6, 6.07) is 8.29. The Morgan fingerprint density at radius 3 is 2.18 bits per heavy atom. The Hall–Kier alpha value is -1.000. The summed E-state index contributed by atoms with van der Waals surface area (Å²) in [5, 5.41) is -0.123. The third-order valence-corrected chi connectivity index (χ3v) is 5.09. The highest BCUT2D eigenvalue weighted by Crippen LogP contribution is 2.34. The molecule has 3 nitrogen and oxygen atoms in total. The molecule has 0 spiro atoms. The number of rotatable bonds is 3. The monoisotopic (exact) mass is 461 g/mol. The van der Waals surface area contributed by atoms with Crippen LogP contribution < -0.4 is 4.72 Å². The third-order valence-electron chi connectivity index (χ3n) is 2.66. The van der Waals surface area contributed by atoms with E-state index < -0.39 is 21.8 Å². The summed E-state index contributed by atoms with van der Waals surface area (Å²) < 4.78 is 65.3. The third kappa shape index (κ3) is 4.05. The van der Waals surface area contributed by atoms with Gasteiger partial charge in [0.15, 0.2) is 0 Å². The van der Waals surface area contributed by atoms with Crippen molar-refractivity contribution in [2.24, 2.45) is 0 Å². The molecule has 0 atom stereocenters. The standard InChI is InChI=1S/C13H8ClF3INO2S/c14-11-6-1-8(13(15,16)17)7-12(11)19-22(20,21)10-4-2-9(18)3-5-10/h1-7,19H. The maximum atomic E-state index is 12.7. The van der Waals surface area contributed by atoms with Crippen molar-refractivity contribution in [2.75, 3.05) is 4.72 Å². The number of sulfonamides is 1. The summed E-state index contributed by atoms with van der Waals surface area (Å²) in [4.78, 5) is -0.0682. The molecule has 0 bridgehead atoms. The highest BCUT2D eigenvalue weighted by molar-refractivity contribution is 14.1. The van der Waals surface area contributed by atoms with E-state index in [-0.39, 0.29) is 15.6 Å². The lowest BCUT2D eigenvalue weighted by molar-refractivity contribution is -0.137. The topological polar surface area (TPSA) is 46.2 Å². The van der Waals surface area contributed by atoms with Crippen molar-refractivity contribution in [2.45, 2.75) is 11.1 Å². The number of hydrogen-bond donors (Lipinski definition) is 1. The SMILES string of the molecule is O=S(=O)(Nc1cc(C(F)(F)F)ccc1Cl)c1ccc(I)cc1. The second kappa shape index (κ2) is 6.25. The van der Waals surface area contributed by atoms with Crippen LogP contribution in [0.4, 0.5) is 18.9 Å². The van der Waals surface area contributed by atoms with Crippen LogP contribution in [0.2, 0.25) is 5.02 Å². The molecule has 0 aromatic heterocycles. The number of nitrogens with one attached hydrogen (secondary N) is 1. The summed E-state index contributed by atoms with van der Waals surface area (Å²) in [5.74, 6) is 0. The van der Waals surface area contributed by atoms with Gasteiger partial charge in [0.2, 0.25) is 0 Å². The van der Waals surface area contributed by atoms with E-state index in [0.29, 0.717) is 6.07 Å². The maximum Gasteiger partial charge on any atom is 0.416 e. The molecule has 0 fully saturated rings. The lowest BCUT2D eigenvalue weighted by Gasteiger charge is -2.13. The lowest BCUT2D eigenvalue weighted by atomic mass is 10.2. The predicted molar refractivity (Wildman–Crippen MR) is 86.4 cm³/mol. The van der Waals surface area contributed by atoms with Gasteiger partial charge in [0.05, 0.1) is 21.2 Å². The molecule has 118 valence electrons. The normalized spacial score (nSPS) is 12.2. The van der Waals surface area contributed by atoms with E-state index in [4.69, 9.17) is 11.6 Å². The molecule has 0 aliphatic heterocycles. The summed E-state index contributed by atoms with van der Waals surface area (Å²) in [6.07, 6.45) is -4.59. The van der Waals surface area contributed by atoms with Crippen molar-refractivity contribution in [1.82, 2.24) is 0 Å². The molecule has 0 saturated heterocycles. The first-order valence-corrected chi connectivity index (χ1v) is 8.69. The zero-order valence-electron chi connectivity index (χ0n) is 10.7. The van der Waals surface area contributed by atoms with E-state index in [9.17, 15) is 21.6 Å². The molecule has 2 aromatic carbocycles. The minimum absolute atomic E-state index is 0.0682. The molecule has 0 unspecified atom stereocenters. The van der Waals surface area contributed by atoms with Crippen molar-refractivity contribution < 1.29 is 21.6 Å². The minimum Gasteiger partial charge on any atom is -0.278 e. The Labute approximate surface area is 143 Å². The molecule has 0 radical (unpaired) electrons. The van der Waals surface area contributed by atoms with Crippen LogP contribution in [-0.2, 0) is 16.2 Å². The zero-order chi connectivity index (χ0) is 16.5. The van der Waals surface area contributed by atoms with Gasteiger partial charge in [-0.3, -0.25) is 4.72 Å². The average molecular weight is 462 g/mol. The Balaban J connectivity index is 2.39.